The maximum atomic E-state index is 13.1. The van der Waals surface area contributed by atoms with Gasteiger partial charge in [0, 0.05) is 11.4 Å². The van der Waals surface area contributed by atoms with Crippen molar-refractivity contribution in [3.8, 4) is 0 Å². The van der Waals surface area contributed by atoms with Crippen molar-refractivity contribution in [2.75, 3.05) is 6.61 Å². The van der Waals surface area contributed by atoms with Gasteiger partial charge in [-0.1, -0.05) is 47.5 Å². The Kier molecular flexibility index (Phi) is 5.62. The minimum absolute atomic E-state index is 0.223. The molecule has 0 unspecified atom stereocenters. The van der Waals surface area contributed by atoms with Gasteiger partial charge >= 0.3 is 5.97 Å². The summed E-state index contributed by atoms with van der Waals surface area (Å²) in [6.07, 6.45) is 5.39. The van der Waals surface area contributed by atoms with Gasteiger partial charge in [0.2, 0.25) is 0 Å². The maximum Gasteiger partial charge on any atom is 0.339 e. The molecule has 1 amide bonds. The van der Waals surface area contributed by atoms with Gasteiger partial charge in [0.05, 0.1) is 26.8 Å². The first kappa shape index (κ1) is 21.0. The maximum absolute atomic E-state index is 13.1. The smallest absolute Gasteiger partial charge is 0.339 e. The van der Waals surface area contributed by atoms with E-state index in [0.29, 0.717) is 27.5 Å². The molecule has 2 aromatic carbocycles. The third kappa shape index (κ3) is 4.23. The number of carbonyl (C=O) groups is 2. The summed E-state index contributed by atoms with van der Waals surface area (Å²) in [4.78, 5) is 29.9. The lowest BCUT2D eigenvalue weighted by atomic mass is 10.0. The van der Waals surface area contributed by atoms with Crippen LogP contribution in [0.2, 0.25) is 10.0 Å². The zero-order valence-electron chi connectivity index (χ0n) is 17.2. The Balaban J connectivity index is 1.51. The number of allylic oxidation sites excluding steroid dienone is 1. The monoisotopic (exact) mass is 466 g/mol. The number of rotatable bonds is 5. The molecule has 1 N–H and O–H groups in total. The van der Waals surface area contributed by atoms with Gasteiger partial charge < -0.3 is 10.1 Å². The summed E-state index contributed by atoms with van der Waals surface area (Å²) in [5, 5.41) is 4.55. The number of nitrogens with zero attached hydrogens (tertiary/aromatic N) is 1. The second-order valence-corrected chi connectivity index (χ2v) is 8.91. The average molecular weight is 467 g/mol. The summed E-state index contributed by atoms with van der Waals surface area (Å²) in [5.41, 5.74) is 4.76. The van der Waals surface area contributed by atoms with Gasteiger partial charge in [0.25, 0.3) is 5.91 Å². The predicted octanol–water partition coefficient (Wildman–Crippen LogP) is 5.46. The Morgan fingerprint density at radius 3 is 2.69 bits per heavy atom. The number of pyridine rings is 1. The van der Waals surface area contributed by atoms with Gasteiger partial charge in [0.15, 0.2) is 6.61 Å². The first-order chi connectivity index (χ1) is 15.5. The van der Waals surface area contributed by atoms with E-state index in [0.717, 1.165) is 47.0 Å². The third-order valence-corrected chi connectivity index (χ3v) is 6.45. The highest BCUT2D eigenvalue weighted by molar-refractivity contribution is 6.42. The van der Waals surface area contributed by atoms with Crippen molar-refractivity contribution in [2.24, 2.45) is 0 Å². The second kappa shape index (κ2) is 8.57. The molecule has 1 fully saturated rings. The topological polar surface area (TPSA) is 68.3 Å². The molecule has 1 saturated carbocycles. The molecule has 32 heavy (non-hydrogen) atoms. The fourth-order valence-electron chi connectivity index (χ4n) is 4.02. The third-order valence-electron chi connectivity index (χ3n) is 5.71. The molecular weight excluding hydrogens is 447 g/mol. The summed E-state index contributed by atoms with van der Waals surface area (Å²) in [6, 6.07) is 13.2. The summed E-state index contributed by atoms with van der Waals surface area (Å²) in [7, 11) is 0. The quantitative estimate of drug-likeness (QED) is 0.506. The van der Waals surface area contributed by atoms with Crippen molar-refractivity contribution >= 4 is 57.6 Å². The van der Waals surface area contributed by atoms with Gasteiger partial charge in [-0.05, 0) is 66.7 Å². The van der Waals surface area contributed by atoms with Crippen LogP contribution in [-0.2, 0) is 16.0 Å². The van der Waals surface area contributed by atoms with Crippen LogP contribution in [0, 0.1) is 0 Å². The predicted molar refractivity (Wildman–Crippen MR) is 126 cm³/mol. The molecule has 1 heterocycles. The number of nitrogens with one attached hydrogen (secondary N) is 1. The second-order valence-electron chi connectivity index (χ2n) is 8.09. The van der Waals surface area contributed by atoms with Gasteiger partial charge in [-0.2, -0.15) is 0 Å². The highest BCUT2D eigenvalue weighted by Crippen LogP contribution is 2.38. The number of carbonyl (C=O) groups excluding carboxylic acids is 2. The van der Waals surface area contributed by atoms with Crippen LogP contribution in [0.4, 0.5) is 0 Å². The standard InChI is InChI=1S/C25H20Cl2N2O3/c26-19-10-5-14(12-20(19)27)11-15-6-9-18-23(17-3-1-2-4-21(17)29-24(15)18)25(31)32-13-22(30)28-16-7-8-16/h1-5,10-12,16H,6-9,13H2,(H,28,30). The van der Waals surface area contributed by atoms with Gasteiger partial charge in [-0.25, -0.2) is 9.78 Å². The molecule has 0 atom stereocenters. The van der Waals surface area contributed by atoms with E-state index in [1.807, 2.05) is 42.5 Å². The number of amides is 1. The number of para-hydroxylation sites is 1. The highest BCUT2D eigenvalue weighted by Gasteiger charge is 2.28. The van der Waals surface area contributed by atoms with E-state index >= 15 is 0 Å². The zero-order chi connectivity index (χ0) is 22.2. The minimum Gasteiger partial charge on any atom is -0.452 e. The Labute approximate surface area is 195 Å². The number of aromatic nitrogens is 1. The molecule has 2 aliphatic carbocycles. The average Bonchev–Trinajstić information content (AvgIpc) is 3.52. The van der Waals surface area contributed by atoms with E-state index in [1.54, 1.807) is 6.07 Å². The van der Waals surface area contributed by atoms with Crippen LogP contribution >= 0.6 is 23.2 Å². The molecule has 5 nitrogen and oxygen atoms in total. The molecule has 0 spiro atoms. The van der Waals surface area contributed by atoms with E-state index in [2.05, 4.69) is 5.32 Å². The summed E-state index contributed by atoms with van der Waals surface area (Å²) >= 11 is 12.2. The van der Waals surface area contributed by atoms with Crippen LogP contribution < -0.4 is 5.32 Å². The molecule has 162 valence electrons. The molecule has 7 heteroatoms. The summed E-state index contributed by atoms with van der Waals surface area (Å²) in [6.45, 7) is -0.285. The van der Waals surface area contributed by atoms with Crippen molar-refractivity contribution in [1.29, 1.82) is 0 Å². The summed E-state index contributed by atoms with van der Waals surface area (Å²) < 4.78 is 5.40. The van der Waals surface area contributed by atoms with Crippen LogP contribution in [0.5, 0.6) is 0 Å². The number of hydrogen-bond donors (Lipinski definition) is 1. The van der Waals surface area contributed by atoms with Crippen LogP contribution in [-0.4, -0.2) is 29.5 Å². The van der Waals surface area contributed by atoms with E-state index in [4.69, 9.17) is 32.9 Å². The molecule has 0 aliphatic heterocycles. The molecule has 3 aromatic rings. The molecule has 5 rings (SSSR count). The molecule has 0 bridgehead atoms. The van der Waals surface area contributed by atoms with Crippen molar-refractivity contribution in [3.05, 3.63) is 74.9 Å². The normalized spacial score (nSPS) is 16.2. The SMILES string of the molecule is O=C(COC(=O)c1c2c(nc3ccccc13)C(=Cc1ccc(Cl)c(Cl)c1)CC2)NC1CC1. The van der Waals surface area contributed by atoms with Gasteiger partial charge in [0.1, 0.15) is 0 Å². The van der Waals surface area contributed by atoms with Crippen LogP contribution in [0.1, 0.15) is 46.4 Å². The number of hydrogen-bond acceptors (Lipinski definition) is 4. The fourth-order valence-corrected chi connectivity index (χ4v) is 4.32. The van der Waals surface area contributed by atoms with E-state index < -0.39 is 5.97 Å². The Morgan fingerprint density at radius 2 is 1.91 bits per heavy atom. The zero-order valence-corrected chi connectivity index (χ0v) is 18.7. The lowest BCUT2D eigenvalue weighted by Gasteiger charge is -2.12. The van der Waals surface area contributed by atoms with E-state index in [1.165, 1.54) is 0 Å². The fraction of sp³-hybridized carbons (Fsp3) is 0.240. The van der Waals surface area contributed by atoms with Crippen molar-refractivity contribution in [1.82, 2.24) is 10.3 Å². The van der Waals surface area contributed by atoms with Gasteiger partial charge in [-0.3, -0.25) is 4.79 Å². The highest BCUT2D eigenvalue weighted by atomic mass is 35.5. The first-order valence-corrected chi connectivity index (χ1v) is 11.3. The first-order valence-electron chi connectivity index (χ1n) is 10.5. The van der Waals surface area contributed by atoms with Crippen molar-refractivity contribution in [2.45, 2.75) is 31.7 Å². The van der Waals surface area contributed by atoms with E-state index in [9.17, 15) is 9.59 Å². The van der Waals surface area contributed by atoms with Crippen molar-refractivity contribution < 1.29 is 14.3 Å². The number of fused-ring (bicyclic) bond motifs is 2. The lowest BCUT2D eigenvalue weighted by Crippen LogP contribution is -2.30. The van der Waals surface area contributed by atoms with Gasteiger partial charge in [-0.15, -0.1) is 0 Å². The van der Waals surface area contributed by atoms with Crippen LogP contribution in [0.25, 0.3) is 22.6 Å². The van der Waals surface area contributed by atoms with Crippen LogP contribution in [0.15, 0.2) is 42.5 Å². The molecule has 0 radical (unpaired) electrons. The molecular formula is C25H20Cl2N2O3. The number of benzene rings is 2. The summed E-state index contributed by atoms with van der Waals surface area (Å²) in [5.74, 6) is -0.766. The van der Waals surface area contributed by atoms with Crippen molar-refractivity contribution in [3.63, 3.8) is 0 Å². The Bertz CT molecular complexity index is 1280. The Morgan fingerprint density at radius 1 is 1.09 bits per heavy atom. The number of esters is 1. The molecule has 2 aliphatic rings. The number of ether oxygens (including phenoxy) is 1. The molecule has 0 saturated heterocycles. The van der Waals surface area contributed by atoms with Crippen LogP contribution in [0.3, 0.4) is 0 Å². The lowest BCUT2D eigenvalue weighted by molar-refractivity contribution is -0.124. The minimum atomic E-state index is -0.499. The largest absolute Gasteiger partial charge is 0.452 e. The van der Waals surface area contributed by atoms with E-state index in [-0.39, 0.29) is 18.6 Å². The Hall–Kier alpha value is -2.89. The number of halogens is 2. The molecule has 1 aromatic heterocycles.